The minimum Gasteiger partial charge on any atom is -0.497 e. The van der Waals surface area contributed by atoms with Crippen LogP contribution in [0.5, 0.6) is 5.75 Å². The van der Waals surface area contributed by atoms with Gasteiger partial charge in [-0.15, -0.1) is 3.97 Å². The molecule has 0 spiro atoms. The fraction of sp³-hybridized carbons (Fsp3) is 0.471. The summed E-state index contributed by atoms with van der Waals surface area (Å²) in [5.74, 6) is 1.69. The summed E-state index contributed by atoms with van der Waals surface area (Å²) in [6.07, 6.45) is 5.21. The van der Waals surface area contributed by atoms with Gasteiger partial charge >= 0.3 is 10.2 Å². The first-order chi connectivity index (χ1) is 11.4. The molecule has 0 N–H and O–H groups in total. The molecule has 130 valence electrons. The minimum atomic E-state index is -3.53. The SMILES string of the molecule is COc1cccc([C@@H]2CCCN(S(=O)(=O)n3cc[n+](C)c3C)C2)c1. The van der Waals surface area contributed by atoms with E-state index < -0.39 is 10.2 Å². The number of ether oxygens (including phenoxy) is 1. The quantitative estimate of drug-likeness (QED) is 0.787. The van der Waals surface area contributed by atoms with Crippen molar-refractivity contribution in [3.05, 3.63) is 48.0 Å². The molecule has 1 aromatic carbocycles. The number of hydrogen-bond acceptors (Lipinski definition) is 3. The number of methoxy groups -OCH3 is 1. The molecule has 2 aromatic rings. The highest BCUT2D eigenvalue weighted by Gasteiger charge is 2.35. The number of aromatic nitrogens is 2. The highest BCUT2D eigenvalue weighted by atomic mass is 32.2. The molecule has 1 saturated heterocycles. The smallest absolute Gasteiger partial charge is 0.380 e. The van der Waals surface area contributed by atoms with Crippen molar-refractivity contribution in [3.63, 3.8) is 0 Å². The Morgan fingerprint density at radius 2 is 2.12 bits per heavy atom. The highest BCUT2D eigenvalue weighted by molar-refractivity contribution is 7.87. The lowest BCUT2D eigenvalue weighted by Gasteiger charge is -2.30. The molecule has 0 radical (unpaired) electrons. The summed E-state index contributed by atoms with van der Waals surface area (Å²) >= 11 is 0. The second kappa shape index (κ2) is 6.57. The zero-order valence-electron chi connectivity index (χ0n) is 14.3. The zero-order valence-corrected chi connectivity index (χ0v) is 15.2. The van der Waals surface area contributed by atoms with Gasteiger partial charge in [-0.25, -0.2) is 4.57 Å². The van der Waals surface area contributed by atoms with Crippen LogP contribution in [0.2, 0.25) is 0 Å². The lowest BCUT2D eigenvalue weighted by molar-refractivity contribution is -0.676. The van der Waals surface area contributed by atoms with Crippen LogP contribution in [0.25, 0.3) is 0 Å². The van der Waals surface area contributed by atoms with Crippen molar-refractivity contribution in [1.29, 1.82) is 0 Å². The second-order valence-electron chi connectivity index (χ2n) is 6.23. The first kappa shape index (κ1) is 17.0. The summed E-state index contributed by atoms with van der Waals surface area (Å²) in [7, 11) is -0.0423. The van der Waals surface area contributed by atoms with Crippen molar-refractivity contribution in [2.75, 3.05) is 20.2 Å². The summed E-state index contributed by atoms with van der Waals surface area (Å²) in [5.41, 5.74) is 1.13. The van der Waals surface area contributed by atoms with Crippen LogP contribution in [0.15, 0.2) is 36.7 Å². The fourth-order valence-electron chi connectivity index (χ4n) is 3.22. The van der Waals surface area contributed by atoms with Crippen molar-refractivity contribution in [1.82, 2.24) is 8.28 Å². The maximum Gasteiger partial charge on any atom is 0.380 e. The third-order valence-electron chi connectivity index (χ3n) is 4.78. The van der Waals surface area contributed by atoms with Crippen LogP contribution >= 0.6 is 0 Å². The Labute approximate surface area is 143 Å². The summed E-state index contributed by atoms with van der Waals surface area (Å²) in [4.78, 5) is 0. The molecular weight excluding hydrogens is 326 g/mol. The van der Waals surface area contributed by atoms with E-state index in [1.807, 2.05) is 31.3 Å². The largest absolute Gasteiger partial charge is 0.497 e. The Bertz CT molecular complexity index is 829. The normalized spacial score (nSPS) is 19.4. The molecule has 6 nitrogen and oxygen atoms in total. The molecule has 0 saturated carbocycles. The molecule has 24 heavy (non-hydrogen) atoms. The average molecular weight is 350 g/mol. The first-order valence-electron chi connectivity index (χ1n) is 8.11. The predicted octanol–water partition coefficient (Wildman–Crippen LogP) is 1.60. The molecule has 0 aliphatic carbocycles. The van der Waals surface area contributed by atoms with Crippen LogP contribution in [0.1, 0.15) is 30.1 Å². The van der Waals surface area contributed by atoms with Gasteiger partial charge in [0.25, 0.3) is 5.82 Å². The van der Waals surface area contributed by atoms with Gasteiger partial charge in [0.1, 0.15) is 18.1 Å². The van der Waals surface area contributed by atoms with Crippen molar-refractivity contribution in [2.45, 2.75) is 25.7 Å². The molecule has 1 atom stereocenters. The molecule has 1 aromatic heterocycles. The maximum absolute atomic E-state index is 13.0. The van der Waals surface area contributed by atoms with Crippen molar-refractivity contribution >= 4 is 10.2 Å². The van der Waals surface area contributed by atoms with E-state index in [0.29, 0.717) is 18.9 Å². The topological polar surface area (TPSA) is 55.4 Å². The van der Waals surface area contributed by atoms with E-state index in [2.05, 4.69) is 0 Å². The Morgan fingerprint density at radius 3 is 2.79 bits per heavy atom. The van der Waals surface area contributed by atoms with Gasteiger partial charge in [0, 0.05) is 20.0 Å². The molecule has 1 aliphatic rings. The number of piperidine rings is 1. The van der Waals surface area contributed by atoms with Gasteiger partial charge < -0.3 is 4.74 Å². The number of nitrogens with zero attached hydrogens (tertiary/aromatic N) is 3. The Kier molecular flexibility index (Phi) is 4.64. The van der Waals surface area contributed by atoms with Crippen LogP contribution in [-0.2, 0) is 17.3 Å². The van der Waals surface area contributed by atoms with Crippen LogP contribution in [0.3, 0.4) is 0 Å². The summed E-state index contributed by atoms with van der Waals surface area (Å²) in [6.45, 7) is 2.86. The zero-order chi connectivity index (χ0) is 17.3. The van der Waals surface area contributed by atoms with Crippen LogP contribution < -0.4 is 9.30 Å². The monoisotopic (exact) mass is 350 g/mol. The molecular formula is C17H24N3O3S+. The van der Waals surface area contributed by atoms with Crippen molar-refractivity contribution in [3.8, 4) is 5.75 Å². The van der Waals surface area contributed by atoms with Crippen molar-refractivity contribution in [2.24, 2.45) is 7.05 Å². The lowest BCUT2D eigenvalue weighted by atomic mass is 9.91. The molecule has 0 unspecified atom stereocenters. The first-order valence-corrected chi connectivity index (χ1v) is 9.51. The van der Waals surface area contributed by atoms with Gasteiger partial charge in [-0.05, 0) is 36.5 Å². The number of aryl methyl sites for hydroxylation is 1. The average Bonchev–Trinajstić information content (AvgIpc) is 2.95. The van der Waals surface area contributed by atoms with Gasteiger partial charge in [-0.3, -0.25) is 0 Å². The van der Waals surface area contributed by atoms with Crippen LogP contribution in [0.4, 0.5) is 0 Å². The van der Waals surface area contributed by atoms with E-state index in [9.17, 15) is 8.42 Å². The van der Waals surface area contributed by atoms with Crippen LogP contribution in [-0.4, -0.2) is 36.9 Å². The summed E-state index contributed by atoms with van der Waals surface area (Å²) < 4.78 is 36.0. The van der Waals surface area contributed by atoms with Gasteiger partial charge in [0.05, 0.1) is 14.2 Å². The molecule has 3 rings (SSSR count). The minimum absolute atomic E-state index is 0.188. The molecule has 0 bridgehead atoms. The molecule has 1 aliphatic heterocycles. The summed E-state index contributed by atoms with van der Waals surface area (Å²) in [5, 5.41) is 0. The van der Waals surface area contributed by atoms with E-state index in [1.165, 1.54) is 3.97 Å². The van der Waals surface area contributed by atoms with Gasteiger partial charge in [0.2, 0.25) is 0 Å². The third-order valence-corrected chi connectivity index (χ3v) is 6.65. The van der Waals surface area contributed by atoms with Crippen LogP contribution in [0, 0.1) is 6.92 Å². The molecule has 7 heteroatoms. The number of hydrogen-bond donors (Lipinski definition) is 0. The Hall–Kier alpha value is -1.86. The summed E-state index contributed by atoms with van der Waals surface area (Å²) in [6, 6.07) is 7.91. The Balaban J connectivity index is 1.86. The number of rotatable bonds is 4. The van der Waals surface area contributed by atoms with E-state index in [-0.39, 0.29) is 5.92 Å². The standard InChI is InChI=1S/C17H24N3O3S/c1-14-18(2)10-11-20(14)24(21,22)19-9-5-7-16(13-19)15-6-4-8-17(12-15)23-3/h4,6,8,10-12,16H,5,7,9,13H2,1-3H3/q+1/t16-/m1/s1. The number of imidazole rings is 1. The highest BCUT2D eigenvalue weighted by Crippen LogP contribution is 2.30. The maximum atomic E-state index is 13.0. The van der Waals surface area contributed by atoms with E-state index in [4.69, 9.17) is 4.74 Å². The van der Waals surface area contributed by atoms with Gasteiger partial charge in [-0.1, -0.05) is 12.1 Å². The van der Waals surface area contributed by atoms with E-state index in [0.717, 1.165) is 24.2 Å². The predicted molar refractivity (Wildman–Crippen MR) is 91.2 cm³/mol. The van der Waals surface area contributed by atoms with E-state index in [1.54, 1.807) is 35.3 Å². The molecule has 0 amide bonds. The van der Waals surface area contributed by atoms with Gasteiger partial charge in [-0.2, -0.15) is 12.7 Å². The van der Waals surface area contributed by atoms with E-state index >= 15 is 0 Å². The van der Waals surface area contributed by atoms with Crippen molar-refractivity contribution < 1.29 is 17.7 Å². The number of benzene rings is 1. The second-order valence-corrected chi connectivity index (χ2v) is 8.04. The lowest BCUT2D eigenvalue weighted by Crippen LogP contribution is -2.43. The Morgan fingerprint density at radius 1 is 1.33 bits per heavy atom. The third kappa shape index (κ3) is 3.06. The molecule has 2 heterocycles. The van der Waals surface area contributed by atoms with Gasteiger partial charge in [0.15, 0.2) is 0 Å². The fourth-order valence-corrected chi connectivity index (χ4v) is 4.87. The molecule has 1 fully saturated rings.